The van der Waals surface area contributed by atoms with Crippen LogP contribution in [0.25, 0.3) is 17.4 Å². The maximum atomic E-state index is 12.6. The molecule has 4 aromatic rings. The number of nitrogens with one attached hydrogen (secondary N) is 1. The molecule has 1 N–H and O–H groups in total. The summed E-state index contributed by atoms with van der Waals surface area (Å²) in [5.74, 6) is -0.233. The highest BCUT2D eigenvalue weighted by Gasteiger charge is 2.18. The fourth-order valence-corrected chi connectivity index (χ4v) is 4.39. The van der Waals surface area contributed by atoms with Crippen molar-refractivity contribution in [1.29, 1.82) is 5.26 Å². The number of carbonyl (C=O) groups is 1. The number of carbonyl (C=O) groups excluding carboxylic acids is 1. The van der Waals surface area contributed by atoms with E-state index in [0.717, 1.165) is 10.4 Å². The molecule has 2 aromatic carbocycles. The van der Waals surface area contributed by atoms with Crippen LogP contribution in [0.3, 0.4) is 0 Å². The van der Waals surface area contributed by atoms with Crippen molar-refractivity contribution in [2.24, 2.45) is 0 Å². The van der Waals surface area contributed by atoms with Crippen LogP contribution in [-0.2, 0) is 11.2 Å². The molecule has 0 radical (unpaired) electrons. The standard InChI is InChI=1S/C24H14Cl2N4O4S/c25-16-5-7-20(26)14(9-16)11-18-13-28-24(35-18)29-23(31)15(12-27)10-17-6-8-22(34-17)19-3-1-2-4-21(19)30(32)33/h1-10,13H,11H2,(H,28,29,31). The molecule has 0 aliphatic rings. The van der Waals surface area contributed by atoms with Gasteiger partial charge in [-0.1, -0.05) is 35.3 Å². The molecule has 0 saturated heterocycles. The predicted molar refractivity (Wildman–Crippen MR) is 134 cm³/mol. The third-order valence-corrected chi connectivity index (χ3v) is 6.31. The number of nitrogens with zero attached hydrogens (tertiary/aromatic N) is 3. The van der Waals surface area contributed by atoms with Gasteiger partial charge in [0.05, 0.1) is 10.5 Å². The Morgan fingerprint density at radius 1 is 1.23 bits per heavy atom. The smallest absolute Gasteiger partial charge is 0.280 e. The third kappa shape index (κ3) is 5.75. The van der Waals surface area contributed by atoms with Crippen LogP contribution in [0.5, 0.6) is 0 Å². The first-order valence-corrected chi connectivity index (χ1v) is 11.6. The number of rotatable bonds is 7. The lowest BCUT2D eigenvalue weighted by Crippen LogP contribution is -2.13. The predicted octanol–water partition coefficient (Wildman–Crippen LogP) is 6.75. The summed E-state index contributed by atoms with van der Waals surface area (Å²) >= 11 is 13.5. The number of nitro groups is 1. The van der Waals surface area contributed by atoms with Gasteiger partial charge >= 0.3 is 0 Å². The first-order chi connectivity index (χ1) is 16.8. The Morgan fingerprint density at radius 3 is 2.80 bits per heavy atom. The molecule has 11 heteroatoms. The molecule has 1 amide bonds. The second-order valence-electron chi connectivity index (χ2n) is 7.14. The number of benzene rings is 2. The van der Waals surface area contributed by atoms with E-state index >= 15 is 0 Å². The molecule has 8 nitrogen and oxygen atoms in total. The second-order valence-corrected chi connectivity index (χ2v) is 9.10. The molecule has 0 unspecified atom stereocenters. The van der Waals surface area contributed by atoms with E-state index in [-0.39, 0.29) is 28.3 Å². The summed E-state index contributed by atoms with van der Waals surface area (Å²) in [6.07, 6.45) is 3.35. The van der Waals surface area contributed by atoms with Gasteiger partial charge in [0.2, 0.25) is 0 Å². The van der Waals surface area contributed by atoms with Crippen LogP contribution in [0, 0.1) is 21.4 Å². The van der Waals surface area contributed by atoms with Crippen LogP contribution >= 0.6 is 34.5 Å². The number of amides is 1. The summed E-state index contributed by atoms with van der Waals surface area (Å²) in [6.45, 7) is 0. The van der Waals surface area contributed by atoms with Crippen molar-refractivity contribution in [3.8, 4) is 17.4 Å². The fourth-order valence-electron chi connectivity index (χ4n) is 3.19. The van der Waals surface area contributed by atoms with Gasteiger partial charge in [0, 0.05) is 39.7 Å². The lowest BCUT2D eigenvalue weighted by atomic mass is 10.1. The highest BCUT2D eigenvalue weighted by Crippen LogP contribution is 2.31. The highest BCUT2D eigenvalue weighted by atomic mass is 35.5. The van der Waals surface area contributed by atoms with Crippen molar-refractivity contribution in [2.45, 2.75) is 6.42 Å². The van der Waals surface area contributed by atoms with Crippen molar-refractivity contribution >= 4 is 57.3 Å². The Kier molecular flexibility index (Phi) is 7.27. The van der Waals surface area contributed by atoms with E-state index in [1.165, 1.54) is 35.6 Å². The number of aromatic nitrogens is 1. The summed E-state index contributed by atoms with van der Waals surface area (Å²) < 4.78 is 5.64. The number of para-hydroxylation sites is 1. The minimum absolute atomic E-state index is 0.116. The van der Waals surface area contributed by atoms with Gasteiger partial charge in [0.25, 0.3) is 11.6 Å². The van der Waals surface area contributed by atoms with E-state index < -0.39 is 10.8 Å². The molecule has 0 spiro atoms. The number of hydrogen-bond acceptors (Lipinski definition) is 7. The quantitative estimate of drug-likeness (QED) is 0.123. The van der Waals surface area contributed by atoms with Crippen LogP contribution in [0.1, 0.15) is 16.2 Å². The molecule has 35 heavy (non-hydrogen) atoms. The monoisotopic (exact) mass is 524 g/mol. The van der Waals surface area contributed by atoms with Crippen molar-refractivity contribution in [1.82, 2.24) is 4.98 Å². The fraction of sp³-hybridized carbons (Fsp3) is 0.0417. The number of thiazole rings is 1. The normalized spacial score (nSPS) is 11.2. The maximum absolute atomic E-state index is 12.6. The minimum Gasteiger partial charge on any atom is -0.456 e. The number of nitriles is 1. The average molecular weight is 525 g/mol. The van der Waals surface area contributed by atoms with Crippen LogP contribution in [0.4, 0.5) is 10.8 Å². The van der Waals surface area contributed by atoms with Gasteiger partial charge in [-0.25, -0.2) is 4.98 Å². The van der Waals surface area contributed by atoms with E-state index in [1.807, 2.05) is 6.07 Å². The van der Waals surface area contributed by atoms with Gasteiger partial charge in [0.15, 0.2) is 5.13 Å². The van der Waals surface area contributed by atoms with Crippen molar-refractivity contribution in [3.63, 3.8) is 0 Å². The van der Waals surface area contributed by atoms with Gasteiger partial charge in [0.1, 0.15) is 23.2 Å². The first-order valence-electron chi connectivity index (χ1n) is 9.99. The summed E-state index contributed by atoms with van der Waals surface area (Å²) in [4.78, 5) is 28.4. The largest absolute Gasteiger partial charge is 0.456 e. The Morgan fingerprint density at radius 2 is 2.03 bits per heavy atom. The zero-order valence-corrected chi connectivity index (χ0v) is 20.0. The van der Waals surface area contributed by atoms with Gasteiger partial charge in [-0.15, -0.1) is 11.3 Å². The molecule has 174 valence electrons. The van der Waals surface area contributed by atoms with E-state index in [0.29, 0.717) is 21.6 Å². The average Bonchev–Trinajstić information content (AvgIpc) is 3.49. The van der Waals surface area contributed by atoms with Gasteiger partial charge in [-0.05, 0) is 42.0 Å². The van der Waals surface area contributed by atoms with Crippen LogP contribution in [0.2, 0.25) is 10.0 Å². The van der Waals surface area contributed by atoms with Crippen molar-refractivity contribution in [2.75, 3.05) is 5.32 Å². The Hall–Kier alpha value is -3.97. The van der Waals surface area contributed by atoms with E-state index in [9.17, 15) is 20.2 Å². The van der Waals surface area contributed by atoms with Crippen LogP contribution in [-0.4, -0.2) is 15.8 Å². The Labute approximate surface area is 213 Å². The van der Waals surface area contributed by atoms with E-state index in [2.05, 4.69) is 10.3 Å². The van der Waals surface area contributed by atoms with Crippen molar-refractivity contribution < 1.29 is 14.1 Å². The molecular formula is C24H14Cl2N4O4S. The number of anilines is 1. The summed E-state index contributed by atoms with van der Waals surface area (Å²) in [5, 5.41) is 24.8. The molecular weight excluding hydrogens is 511 g/mol. The number of halogens is 2. The molecule has 0 bridgehead atoms. The summed E-state index contributed by atoms with van der Waals surface area (Å²) in [7, 11) is 0. The van der Waals surface area contributed by atoms with Crippen LogP contribution < -0.4 is 5.32 Å². The second kappa shape index (κ2) is 10.5. The lowest BCUT2D eigenvalue weighted by Gasteiger charge is -2.02. The zero-order valence-electron chi connectivity index (χ0n) is 17.7. The molecule has 0 aliphatic heterocycles. The van der Waals surface area contributed by atoms with Gasteiger partial charge < -0.3 is 4.42 Å². The van der Waals surface area contributed by atoms with Gasteiger partial charge in [-0.3, -0.25) is 20.2 Å². The van der Waals surface area contributed by atoms with Crippen molar-refractivity contribution in [3.05, 3.63) is 103 Å². The summed E-state index contributed by atoms with van der Waals surface area (Å²) in [6, 6.07) is 16.2. The number of furan rings is 1. The Bertz CT molecular complexity index is 1500. The SMILES string of the molecule is N#CC(=Cc1ccc(-c2ccccc2[N+](=O)[O-])o1)C(=O)Nc1ncc(Cc2cc(Cl)ccc2Cl)s1. The molecule has 0 atom stereocenters. The van der Waals surface area contributed by atoms with Crippen LogP contribution in [0.15, 0.2) is 70.8 Å². The van der Waals surface area contributed by atoms with Gasteiger partial charge in [-0.2, -0.15) is 5.26 Å². The topological polar surface area (TPSA) is 122 Å². The zero-order chi connectivity index (χ0) is 24.9. The number of hydrogen-bond donors (Lipinski definition) is 1. The maximum Gasteiger partial charge on any atom is 0.280 e. The molecule has 0 saturated carbocycles. The summed E-state index contributed by atoms with van der Waals surface area (Å²) in [5.41, 5.74) is 0.776. The molecule has 4 rings (SSSR count). The molecule has 0 aliphatic carbocycles. The first kappa shape index (κ1) is 24.2. The third-order valence-electron chi connectivity index (χ3n) is 4.79. The number of nitro benzene ring substituents is 1. The lowest BCUT2D eigenvalue weighted by molar-refractivity contribution is -0.384. The Balaban J connectivity index is 1.49. The molecule has 0 fully saturated rings. The molecule has 2 heterocycles. The minimum atomic E-state index is -0.669. The molecule has 2 aromatic heterocycles. The van der Waals surface area contributed by atoms with E-state index in [4.69, 9.17) is 27.6 Å². The van der Waals surface area contributed by atoms with E-state index in [1.54, 1.807) is 42.6 Å². The highest BCUT2D eigenvalue weighted by molar-refractivity contribution is 7.15.